The van der Waals surface area contributed by atoms with Crippen LogP contribution >= 0.6 is 0 Å². The summed E-state index contributed by atoms with van der Waals surface area (Å²) in [6.07, 6.45) is 8.31. The summed E-state index contributed by atoms with van der Waals surface area (Å²) in [4.78, 5) is 0. The minimum absolute atomic E-state index is 0.434. The van der Waals surface area contributed by atoms with Crippen molar-refractivity contribution in [2.45, 2.75) is 37.5 Å². The summed E-state index contributed by atoms with van der Waals surface area (Å²) in [5.74, 6) is 0.869. The summed E-state index contributed by atoms with van der Waals surface area (Å²) in [6.45, 7) is 0. The Morgan fingerprint density at radius 1 is 0.778 bits per heavy atom. The fourth-order valence-electron chi connectivity index (χ4n) is 2.86. The lowest BCUT2D eigenvalue weighted by molar-refractivity contribution is 0.370. The molecule has 3 rings (SSSR count). The minimum Gasteiger partial charge on any atom is -0.159 e. The molecule has 0 saturated heterocycles. The van der Waals surface area contributed by atoms with Gasteiger partial charge in [0, 0.05) is 24.2 Å². The van der Waals surface area contributed by atoms with E-state index in [-0.39, 0.29) is 0 Å². The topological polar surface area (TPSA) is 51.6 Å². The van der Waals surface area contributed by atoms with Gasteiger partial charge < -0.3 is 0 Å². The fraction of sp³-hybridized carbons (Fsp3) is 0.429. The van der Waals surface area contributed by atoms with E-state index in [0.29, 0.717) is 11.8 Å². The van der Waals surface area contributed by atoms with Crippen LogP contribution in [0.4, 0.5) is 0 Å². The fourth-order valence-corrected chi connectivity index (χ4v) is 2.86. The van der Waals surface area contributed by atoms with Gasteiger partial charge >= 0.3 is 0 Å². The van der Waals surface area contributed by atoms with Gasteiger partial charge in [-0.15, -0.1) is 0 Å². The molecule has 0 aliphatic heterocycles. The standard InChI is InChI=1S/C14H16N4/c1-2-6-12(14-8-4-10-16-18-14)11(5-1)13-7-3-9-15-17-13/h3-4,7-12H,1-2,5-6H2. The van der Waals surface area contributed by atoms with Crippen LogP contribution in [0.3, 0.4) is 0 Å². The molecule has 0 amide bonds. The third-order valence-electron chi connectivity index (χ3n) is 3.71. The number of hydrogen-bond acceptors (Lipinski definition) is 4. The van der Waals surface area contributed by atoms with Crippen molar-refractivity contribution >= 4 is 0 Å². The zero-order valence-electron chi connectivity index (χ0n) is 10.2. The van der Waals surface area contributed by atoms with Crippen molar-refractivity contribution in [3.05, 3.63) is 48.0 Å². The Morgan fingerprint density at radius 3 is 1.67 bits per heavy atom. The molecule has 1 saturated carbocycles. The first-order valence-corrected chi connectivity index (χ1v) is 6.50. The molecule has 2 aromatic rings. The summed E-state index contributed by atoms with van der Waals surface area (Å²) in [5.41, 5.74) is 2.18. The van der Waals surface area contributed by atoms with E-state index in [0.717, 1.165) is 11.4 Å². The number of rotatable bonds is 2. The molecule has 2 atom stereocenters. The molecule has 2 aromatic heterocycles. The van der Waals surface area contributed by atoms with Gasteiger partial charge in [0.2, 0.25) is 0 Å². The molecule has 0 aromatic carbocycles. The third-order valence-corrected chi connectivity index (χ3v) is 3.71. The van der Waals surface area contributed by atoms with Crippen molar-refractivity contribution in [3.8, 4) is 0 Å². The van der Waals surface area contributed by atoms with Gasteiger partial charge in [-0.25, -0.2) is 0 Å². The molecule has 0 spiro atoms. The van der Waals surface area contributed by atoms with E-state index in [4.69, 9.17) is 0 Å². The van der Waals surface area contributed by atoms with E-state index in [1.807, 2.05) is 12.1 Å². The van der Waals surface area contributed by atoms with Crippen molar-refractivity contribution in [3.63, 3.8) is 0 Å². The average molecular weight is 240 g/mol. The lowest BCUT2D eigenvalue weighted by atomic mass is 9.75. The predicted octanol–water partition coefficient (Wildman–Crippen LogP) is 2.71. The van der Waals surface area contributed by atoms with Crippen molar-refractivity contribution in [1.82, 2.24) is 20.4 Å². The second-order valence-corrected chi connectivity index (χ2v) is 4.79. The van der Waals surface area contributed by atoms with Crippen LogP contribution in [0.15, 0.2) is 36.7 Å². The third kappa shape index (κ3) is 2.23. The molecule has 2 heterocycles. The maximum atomic E-state index is 4.28. The first-order valence-electron chi connectivity index (χ1n) is 6.50. The monoisotopic (exact) mass is 240 g/mol. The van der Waals surface area contributed by atoms with Crippen LogP contribution in [0.2, 0.25) is 0 Å². The van der Waals surface area contributed by atoms with Crippen molar-refractivity contribution in [1.29, 1.82) is 0 Å². The number of hydrogen-bond donors (Lipinski definition) is 0. The summed E-state index contributed by atoms with van der Waals surface area (Å²) in [7, 11) is 0. The van der Waals surface area contributed by atoms with Crippen LogP contribution in [0.1, 0.15) is 48.9 Å². The largest absolute Gasteiger partial charge is 0.159 e. The van der Waals surface area contributed by atoms with Crippen LogP contribution in [-0.4, -0.2) is 20.4 Å². The summed E-state index contributed by atoms with van der Waals surface area (Å²) < 4.78 is 0. The molecular weight excluding hydrogens is 224 g/mol. The summed E-state index contributed by atoms with van der Waals surface area (Å²) in [5, 5.41) is 16.6. The van der Waals surface area contributed by atoms with E-state index in [9.17, 15) is 0 Å². The first-order chi connectivity index (χ1) is 8.95. The van der Waals surface area contributed by atoms with E-state index < -0.39 is 0 Å². The highest BCUT2D eigenvalue weighted by Gasteiger charge is 2.29. The van der Waals surface area contributed by atoms with E-state index in [1.165, 1.54) is 25.7 Å². The number of aromatic nitrogens is 4. The van der Waals surface area contributed by atoms with Gasteiger partial charge in [0.1, 0.15) is 0 Å². The van der Waals surface area contributed by atoms with Crippen molar-refractivity contribution < 1.29 is 0 Å². The Labute approximate surface area is 106 Å². The summed E-state index contributed by atoms with van der Waals surface area (Å²) in [6, 6.07) is 8.08. The van der Waals surface area contributed by atoms with Crippen LogP contribution in [0, 0.1) is 0 Å². The number of nitrogens with zero attached hydrogens (tertiary/aromatic N) is 4. The molecule has 0 bridgehead atoms. The zero-order chi connectivity index (χ0) is 12.2. The Balaban J connectivity index is 1.92. The lowest BCUT2D eigenvalue weighted by Gasteiger charge is -2.30. The highest BCUT2D eigenvalue weighted by Crippen LogP contribution is 2.42. The molecule has 4 nitrogen and oxygen atoms in total. The zero-order valence-corrected chi connectivity index (χ0v) is 10.2. The predicted molar refractivity (Wildman–Crippen MR) is 68.0 cm³/mol. The van der Waals surface area contributed by atoms with E-state index >= 15 is 0 Å². The quantitative estimate of drug-likeness (QED) is 0.809. The molecule has 4 heteroatoms. The second kappa shape index (κ2) is 5.21. The smallest absolute Gasteiger partial charge is 0.0668 e. The maximum Gasteiger partial charge on any atom is 0.0668 e. The van der Waals surface area contributed by atoms with Gasteiger partial charge in [-0.1, -0.05) is 12.8 Å². The molecule has 0 N–H and O–H groups in total. The van der Waals surface area contributed by atoms with Crippen molar-refractivity contribution in [2.24, 2.45) is 0 Å². The van der Waals surface area contributed by atoms with E-state index in [1.54, 1.807) is 12.4 Å². The van der Waals surface area contributed by atoms with Crippen LogP contribution < -0.4 is 0 Å². The molecule has 0 radical (unpaired) electrons. The molecule has 18 heavy (non-hydrogen) atoms. The lowest BCUT2D eigenvalue weighted by Crippen LogP contribution is -2.18. The van der Waals surface area contributed by atoms with Gasteiger partial charge in [-0.2, -0.15) is 20.4 Å². The molecule has 1 fully saturated rings. The highest BCUT2D eigenvalue weighted by molar-refractivity contribution is 5.18. The molecule has 1 aliphatic rings. The Hall–Kier alpha value is -1.84. The maximum absolute atomic E-state index is 4.28. The van der Waals surface area contributed by atoms with Crippen LogP contribution in [-0.2, 0) is 0 Å². The van der Waals surface area contributed by atoms with Crippen LogP contribution in [0.25, 0.3) is 0 Å². The molecule has 1 aliphatic carbocycles. The van der Waals surface area contributed by atoms with E-state index in [2.05, 4.69) is 32.5 Å². The van der Waals surface area contributed by atoms with Gasteiger partial charge in [0.15, 0.2) is 0 Å². The SMILES string of the molecule is c1cnnc(C2CCCCC2c2cccnn2)c1. The highest BCUT2D eigenvalue weighted by atomic mass is 15.1. The van der Waals surface area contributed by atoms with Crippen LogP contribution in [0.5, 0.6) is 0 Å². The normalized spacial score (nSPS) is 23.8. The van der Waals surface area contributed by atoms with Gasteiger partial charge in [0.05, 0.1) is 11.4 Å². The minimum atomic E-state index is 0.434. The molecule has 2 unspecified atom stereocenters. The van der Waals surface area contributed by atoms with Crippen molar-refractivity contribution in [2.75, 3.05) is 0 Å². The Kier molecular flexibility index (Phi) is 3.26. The average Bonchev–Trinajstić information content (AvgIpc) is 2.49. The van der Waals surface area contributed by atoms with Gasteiger partial charge in [-0.05, 0) is 37.1 Å². The second-order valence-electron chi connectivity index (χ2n) is 4.79. The Morgan fingerprint density at radius 2 is 1.28 bits per heavy atom. The molecular formula is C14H16N4. The summed E-state index contributed by atoms with van der Waals surface area (Å²) >= 11 is 0. The molecule has 92 valence electrons. The van der Waals surface area contributed by atoms with Gasteiger partial charge in [0.25, 0.3) is 0 Å². The van der Waals surface area contributed by atoms with Gasteiger partial charge in [-0.3, -0.25) is 0 Å². The first kappa shape index (κ1) is 11.3. The Bertz CT molecular complexity index is 438.